The van der Waals surface area contributed by atoms with Crippen LogP contribution in [0.3, 0.4) is 0 Å². The number of allylic oxidation sites excluding steroid dienone is 4. The molecule has 0 bridgehead atoms. The van der Waals surface area contributed by atoms with Crippen LogP contribution in [0.2, 0.25) is 0 Å². The van der Waals surface area contributed by atoms with Crippen molar-refractivity contribution >= 4 is 64.9 Å². The minimum absolute atomic E-state index is 0.0631. The largest absolute Gasteiger partial charge is 0.309 e. The lowest BCUT2D eigenvalue weighted by Gasteiger charge is -2.32. The molecule has 0 saturated heterocycles. The van der Waals surface area contributed by atoms with Crippen LogP contribution in [0.5, 0.6) is 0 Å². The van der Waals surface area contributed by atoms with Crippen LogP contribution in [-0.2, 0) is 5.41 Å². The molecule has 0 amide bonds. The van der Waals surface area contributed by atoms with E-state index in [0.29, 0.717) is 0 Å². The molecule has 0 unspecified atom stereocenters. The normalized spacial score (nSPS) is 14.4. The molecule has 1 aromatic heterocycles. The molecule has 272 valence electrons. The molecule has 2 aliphatic rings. The molecule has 0 atom stereocenters. The van der Waals surface area contributed by atoms with Crippen LogP contribution < -0.4 is 4.90 Å². The summed E-state index contributed by atoms with van der Waals surface area (Å²) in [6.45, 7) is 4.85. The molecule has 2 aliphatic carbocycles. The summed E-state index contributed by atoms with van der Waals surface area (Å²) in [7, 11) is 0. The molecule has 0 saturated carbocycles. The van der Waals surface area contributed by atoms with E-state index in [9.17, 15) is 0 Å². The van der Waals surface area contributed by atoms with E-state index in [0.717, 1.165) is 29.9 Å². The summed E-state index contributed by atoms with van der Waals surface area (Å²) in [5.41, 5.74) is 16.4. The van der Waals surface area contributed by atoms with Gasteiger partial charge in [-0.05, 0) is 87.3 Å². The van der Waals surface area contributed by atoms with Gasteiger partial charge in [0, 0.05) is 48.0 Å². The van der Waals surface area contributed by atoms with E-state index < -0.39 is 0 Å². The van der Waals surface area contributed by atoms with Gasteiger partial charge in [0.1, 0.15) is 0 Å². The number of benzene rings is 8. The maximum atomic E-state index is 2.56. The SMILES string of the molecule is CC1(C)C2=C(C=CCC2)c2ccc(N(c3cc(-c4cccc5ccccc45)ccc3-c3ccccc3)c3ccccc3-c3cccc4c3sc3ccccc34)cc21. The van der Waals surface area contributed by atoms with Gasteiger partial charge in [0.2, 0.25) is 0 Å². The lowest BCUT2D eigenvalue weighted by atomic mass is 9.78. The van der Waals surface area contributed by atoms with E-state index in [1.807, 2.05) is 11.3 Å². The zero-order valence-corrected chi connectivity index (χ0v) is 33.0. The highest BCUT2D eigenvalue weighted by Crippen LogP contribution is 2.54. The van der Waals surface area contributed by atoms with Crippen molar-refractivity contribution in [3.8, 4) is 33.4 Å². The standard InChI is InChI=1S/C55H41NS/c1-55(2)49-27-11-8-21-43(49)44-33-31-39(35-50(44)55)56(51-28-12-9-22-45(51)47-25-15-26-48-46-23-10-13-29-53(46)57-54(47)48)52-34-38(30-32-42(52)37-16-4-3-5-17-37)41-24-14-19-36-18-6-7-20-40(36)41/h3-10,12-26,28-35H,11,27H2,1-2H3. The number of para-hydroxylation sites is 1. The topological polar surface area (TPSA) is 3.24 Å². The van der Waals surface area contributed by atoms with Gasteiger partial charge in [0.25, 0.3) is 0 Å². The summed E-state index contributed by atoms with van der Waals surface area (Å²) < 4.78 is 2.63. The van der Waals surface area contributed by atoms with Gasteiger partial charge in [0.15, 0.2) is 0 Å². The van der Waals surface area contributed by atoms with Crippen molar-refractivity contribution in [2.45, 2.75) is 32.1 Å². The molecule has 0 radical (unpaired) electrons. The molecular weight excluding hydrogens is 707 g/mol. The molecule has 0 aliphatic heterocycles. The van der Waals surface area contributed by atoms with Gasteiger partial charge >= 0.3 is 0 Å². The zero-order chi connectivity index (χ0) is 38.1. The van der Waals surface area contributed by atoms with Crippen molar-refractivity contribution in [3.63, 3.8) is 0 Å². The molecule has 1 heterocycles. The summed E-state index contributed by atoms with van der Waals surface area (Å²) in [5.74, 6) is 0. The fourth-order valence-electron chi connectivity index (χ4n) is 9.64. The minimum atomic E-state index is -0.0631. The van der Waals surface area contributed by atoms with Gasteiger partial charge < -0.3 is 4.90 Å². The second-order valence-electron chi connectivity index (χ2n) is 15.9. The van der Waals surface area contributed by atoms with Crippen molar-refractivity contribution in [1.29, 1.82) is 0 Å². The highest BCUT2D eigenvalue weighted by atomic mass is 32.1. The molecule has 11 rings (SSSR count). The monoisotopic (exact) mass is 747 g/mol. The van der Waals surface area contributed by atoms with Gasteiger partial charge in [0.05, 0.1) is 11.4 Å². The Labute approximate surface area is 338 Å². The van der Waals surface area contributed by atoms with Crippen LogP contribution in [0.25, 0.3) is 69.9 Å². The van der Waals surface area contributed by atoms with Gasteiger partial charge in [-0.25, -0.2) is 0 Å². The Kier molecular flexibility index (Phi) is 7.91. The van der Waals surface area contributed by atoms with Gasteiger partial charge in [-0.15, -0.1) is 11.3 Å². The number of hydrogen-bond donors (Lipinski definition) is 0. The quantitative estimate of drug-likeness (QED) is 0.164. The third-order valence-electron chi connectivity index (χ3n) is 12.4. The molecule has 8 aromatic carbocycles. The van der Waals surface area contributed by atoms with Crippen molar-refractivity contribution in [2.24, 2.45) is 0 Å². The summed E-state index contributed by atoms with van der Waals surface area (Å²) in [6.07, 6.45) is 6.93. The average Bonchev–Trinajstić information content (AvgIpc) is 3.76. The summed E-state index contributed by atoms with van der Waals surface area (Å²) in [5, 5.41) is 5.12. The molecule has 57 heavy (non-hydrogen) atoms. The predicted octanol–water partition coefficient (Wildman–Crippen LogP) is 16.1. The van der Waals surface area contributed by atoms with E-state index in [4.69, 9.17) is 0 Å². The average molecular weight is 748 g/mol. The number of anilines is 3. The first kappa shape index (κ1) is 33.8. The Morgan fingerprint density at radius 2 is 1.21 bits per heavy atom. The van der Waals surface area contributed by atoms with Crippen LogP contribution in [0.15, 0.2) is 194 Å². The first-order valence-corrected chi connectivity index (χ1v) is 20.9. The van der Waals surface area contributed by atoms with Gasteiger partial charge in [-0.1, -0.05) is 177 Å². The Morgan fingerprint density at radius 1 is 0.509 bits per heavy atom. The molecule has 1 nitrogen and oxygen atoms in total. The fraction of sp³-hybridized carbons (Fsp3) is 0.0909. The second kappa shape index (κ2) is 13.3. The molecule has 2 heteroatoms. The van der Waals surface area contributed by atoms with E-state index in [1.54, 1.807) is 5.57 Å². The Morgan fingerprint density at radius 3 is 2.12 bits per heavy atom. The number of hydrogen-bond acceptors (Lipinski definition) is 2. The molecule has 0 fully saturated rings. The first-order chi connectivity index (χ1) is 28.0. The first-order valence-electron chi connectivity index (χ1n) is 20.1. The fourth-order valence-corrected chi connectivity index (χ4v) is 10.9. The van der Waals surface area contributed by atoms with Crippen molar-refractivity contribution in [3.05, 3.63) is 205 Å². The highest BCUT2D eigenvalue weighted by Gasteiger charge is 2.38. The van der Waals surface area contributed by atoms with Gasteiger partial charge in [-0.3, -0.25) is 0 Å². The van der Waals surface area contributed by atoms with E-state index in [1.165, 1.54) is 81.0 Å². The third kappa shape index (κ3) is 5.43. The van der Waals surface area contributed by atoms with Crippen LogP contribution in [-0.4, -0.2) is 0 Å². The van der Waals surface area contributed by atoms with E-state index in [2.05, 4.69) is 207 Å². The van der Waals surface area contributed by atoms with E-state index >= 15 is 0 Å². The summed E-state index contributed by atoms with van der Waals surface area (Å²) in [6, 6.07) is 65.4. The van der Waals surface area contributed by atoms with Crippen molar-refractivity contribution in [1.82, 2.24) is 0 Å². The van der Waals surface area contributed by atoms with E-state index in [-0.39, 0.29) is 5.41 Å². The molecular formula is C55H41NS. The Balaban J connectivity index is 1.21. The Bertz CT molecular complexity index is 3100. The van der Waals surface area contributed by atoms with Crippen molar-refractivity contribution in [2.75, 3.05) is 4.90 Å². The molecule has 0 spiro atoms. The van der Waals surface area contributed by atoms with Crippen LogP contribution in [0.1, 0.15) is 37.8 Å². The second-order valence-corrected chi connectivity index (χ2v) is 17.0. The number of thiophene rings is 1. The highest BCUT2D eigenvalue weighted by molar-refractivity contribution is 7.26. The van der Waals surface area contributed by atoms with Gasteiger partial charge in [-0.2, -0.15) is 0 Å². The molecule has 0 N–H and O–H groups in total. The van der Waals surface area contributed by atoms with Crippen LogP contribution in [0, 0.1) is 0 Å². The minimum Gasteiger partial charge on any atom is -0.309 e. The van der Waals surface area contributed by atoms with Crippen LogP contribution >= 0.6 is 11.3 Å². The van der Waals surface area contributed by atoms with Crippen LogP contribution in [0.4, 0.5) is 17.1 Å². The number of fused-ring (bicyclic) bond motifs is 6. The lowest BCUT2D eigenvalue weighted by molar-refractivity contribution is 0.607. The molecule has 9 aromatic rings. The third-order valence-corrected chi connectivity index (χ3v) is 13.6. The zero-order valence-electron chi connectivity index (χ0n) is 32.2. The van der Waals surface area contributed by atoms with Crippen molar-refractivity contribution < 1.29 is 0 Å². The number of nitrogens with zero attached hydrogens (tertiary/aromatic N) is 1. The Hall–Kier alpha value is -6.48. The summed E-state index contributed by atoms with van der Waals surface area (Å²) >= 11 is 1.89. The predicted molar refractivity (Wildman–Crippen MR) is 246 cm³/mol. The maximum Gasteiger partial charge on any atom is 0.0546 e. The summed E-state index contributed by atoms with van der Waals surface area (Å²) in [4.78, 5) is 2.56. The maximum absolute atomic E-state index is 2.56. The number of rotatable bonds is 6. The lowest BCUT2D eigenvalue weighted by Crippen LogP contribution is -2.19. The smallest absolute Gasteiger partial charge is 0.0546 e.